The maximum atomic E-state index is 3.53. The molecule has 0 aliphatic carbocycles. The molecule has 0 saturated heterocycles. The lowest BCUT2D eigenvalue weighted by Crippen LogP contribution is -1.91. The largest absolute Gasteiger partial charge is 0.0928 e. The van der Waals surface area contributed by atoms with E-state index in [4.69, 9.17) is 0 Å². The van der Waals surface area contributed by atoms with Gasteiger partial charge in [-0.15, -0.1) is 0 Å². The molecule has 0 radical (unpaired) electrons. The zero-order valence-electron chi connectivity index (χ0n) is 10.2. The van der Waals surface area contributed by atoms with Crippen molar-refractivity contribution < 1.29 is 0 Å². The fraction of sp³-hybridized carbons (Fsp3) is 0.176. The quantitative estimate of drug-likeness (QED) is 0.453. The maximum Gasteiger partial charge on any atom is 0.00344 e. The molecule has 0 unspecified atom stereocenters. The number of rotatable bonds is 3. The van der Waals surface area contributed by atoms with Gasteiger partial charge in [-0.05, 0) is 46.0 Å². The molecule has 3 aromatic carbocycles. The van der Waals surface area contributed by atoms with E-state index in [0.29, 0.717) is 0 Å². The number of hydrogen-bond acceptors (Lipinski definition) is 0. The van der Waals surface area contributed by atoms with E-state index in [-0.39, 0.29) is 0 Å². The van der Waals surface area contributed by atoms with E-state index in [0.717, 1.165) is 11.8 Å². The highest BCUT2D eigenvalue weighted by Gasteiger charge is 2.06. The molecular weight excluding hydrogens is 284 g/mol. The molecule has 0 nitrogen and oxygen atoms in total. The average Bonchev–Trinajstić information content (AvgIpc) is 2.43. The summed E-state index contributed by atoms with van der Waals surface area (Å²) in [6, 6.07) is 19.7. The van der Waals surface area contributed by atoms with Crippen molar-refractivity contribution in [3.05, 3.63) is 60.2 Å². The first kappa shape index (κ1) is 11.7. The Labute approximate surface area is 116 Å². The Hall–Kier alpha value is -1.34. The maximum absolute atomic E-state index is 3.53. The van der Waals surface area contributed by atoms with Gasteiger partial charge < -0.3 is 0 Å². The highest BCUT2D eigenvalue weighted by Crippen LogP contribution is 2.29. The minimum Gasteiger partial charge on any atom is -0.0928 e. The van der Waals surface area contributed by atoms with Gasteiger partial charge in [-0.2, -0.15) is 0 Å². The Balaban J connectivity index is 2.34. The van der Waals surface area contributed by atoms with Crippen LogP contribution in [0.3, 0.4) is 0 Å². The highest BCUT2D eigenvalue weighted by molar-refractivity contribution is 9.09. The fourth-order valence-corrected chi connectivity index (χ4v) is 2.90. The summed E-state index contributed by atoms with van der Waals surface area (Å²) in [6.45, 7) is 0. The number of fused-ring (bicyclic) bond motifs is 2. The summed E-state index contributed by atoms with van der Waals surface area (Å²) < 4.78 is 0. The van der Waals surface area contributed by atoms with Crippen molar-refractivity contribution >= 4 is 37.5 Å². The standard InChI is InChI=1S/C17H15Br/c18-11-5-10-17-15-8-3-1-6-13(15)12-14-7-2-4-9-16(14)17/h1-4,6-9,12H,5,10-11H2. The molecule has 90 valence electrons. The second kappa shape index (κ2) is 5.11. The molecule has 18 heavy (non-hydrogen) atoms. The van der Waals surface area contributed by atoms with Crippen molar-refractivity contribution in [2.24, 2.45) is 0 Å². The zero-order chi connectivity index (χ0) is 12.4. The van der Waals surface area contributed by atoms with Crippen LogP contribution in [0.25, 0.3) is 21.5 Å². The number of alkyl halides is 1. The summed E-state index contributed by atoms with van der Waals surface area (Å²) in [5.41, 5.74) is 1.49. The molecular formula is C17H15Br. The normalized spacial score (nSPS) is 11.2. The van der Waals surface area contributed by atoms with Gasteiger partial charge in [-0.1, -0.05) is 64.5 Å². The summed E-state index contributed by atoms with van der Waals surface area (Å²) in [4.78, 5) is 0. The van der Waals surface area contributed by atoms with Crippen LogP contribution in [0.15, 0.2) is 54.6 Å². The summed E-state index contributed by atoms with van der Waals surface area (Å²) in [5.74, 6) is 0. The van der Waals surface area contributed by atoms with E-state index in [1.54, 1.807) is 0 Å². The lowest BCUT2D eigenvalue weighted by atomic mass is 9.94. The Morgan fingerprint density at radius 3 is 1.89 bits per heavy atom. The van der Waals surface area contributed by atoms with Crippen LogP contribution in [-0.4, -0.2) is 5.33 Å². The van der Waals surface area contributed by atoms with Gasteiger partial charge in [0, 0.05) is 5.33 Å². The third kappa shape index (κ3) is 2.04. The minimum atomic E-state index is 1.06. The summed E-state index contributed by atoms with van der Waals surface area (Å²) >= 11 is 3.53. The summed E-state index contributed by atoms with van der Waals surface area (Å²) in [6.07, 6.45) is 2.31. The van der Waals surface area contributed by atoms with Crippen LogP contribution in [0.5, 0.6) is 0 Å². The molecule has 0 amide bonds. The van der Waals surface area contributed by atoms with E-state index in [9.17, 15) is 0 Å². The lowest BCUT2D eigenvalue weighted by molar-refractivity contribution is 0.955. The molecule has 0 fully saturated rings. The van der Waals surface area contributed by atoms with Gasteiger partial charge in [0.05, 0.1) is 0 Å². The van der Waals surface area contributed by atoms with Gasteiger partial charge in [0.15, 0.2) is 0 Å². The Morgan fingerprint density at radius 1 is 0.778 bits per heavy atom. The van der Waals surface area contributed by atoms with E-state index >= 15 is 0 Å². The van der Waals surface area contributed by atoms with Crippen molar-refractivity contribution in [3.63, 3.8) is 0 Å². The third-order valence-electron chi connectivity index (χ3n) is 3.44. The number of benzene rings is 3. The van der Waals surface area contributed by atoms with E-state index in [2.05, 4.69) is 70.5 Å². The topological polar surface area (TPSA) is 0 Å². The first-order valence-corrected chi connectivity index (χ1v) is 7.47. The predicted molar refractivity (Wildman–Crippen MR) is 83.6 cm³/mol. The second-order valence-electron chi connectivity index (χ2n) is 4.59. The molecule has 0 aliphatic rings. The fourth-order valence-electron chi connectivity index (χ4n) is 2.62. The monoisotopic (exact) mass is 298 g/mol. The number of aryl methyl sites for hydroxylation is 1. The average molecular weight is 299 g/mol. The zero-order valence-corrected chi connectivity index (χ0v) is 11.8. The van der Waals surface area contributed by atoms with Crippen LogP contribution in [0.1, 0.15) is 12.0 Å². The van der Waals surface area contributed by atoms with E-state index in [1.165, 1.54) is 33.5 Å². The molecule has 0 heterocycles. The van der Waals surface area contributed by atoms with Gasteiger partial charge in [0.1, 0.15) is 0 Å². The molecule has 0 aromatic heterocycles. The minimum absolute atomic E-state index is 1.06. The molecule has 3 aromatic rings. The molecule has 1 heteroatoms. The molecule has 0 N–H and O–H groups in total. The summed E-state index contributed by atoms with van der Waals surface area (Å²) in [7, 11) is 0. The molecule has 0 bridgehead atoms. The van der Waals surface area contributed by atoms with Crippen LogP contribution >= 0.6 is 15.9 Å². The molecule has 3 rings (SSSR count). The van der Waals surface area contributed by atoms with Crippen LogP contribution in [-0.2, 0) is 6.42 Å². The van der Waals surface area contributed by atoms with Gasteiger partial charge in [0.2, 0.25) is 0 Å². The van der Waals surface area contributed by atoms with E-state index in [1.807, 2.05) is 0 Å². The summed E-state index contributed by atoms with van der Waals surface area (Å²) in [5, 5.41) is 6.56. The molecule has 0 saturated carbocycles. The Bertz CT molecular complexity index is 631. The Morgan fingerprint density at radius 2 is 1.33 bits per heavy atom. The number of halogens is 1. The Kier molecular flexibility index (Phi) is 3.33. The molecule has 0 aliphatic heterocycles. The third-order valence-corrected chi connectivity index (χ3v) is 4.00. The van der Waals surface area contributed by atoms with Crippen molar-refractivity contribution in [1.29, 1.82) is 0 Å². The first-order valence-electron chi connectivity index (χ1n) is 6.35. The first-order chi connectivity index (χ1) is 8.90. The van der Waals surface area contributed by atoms with Crippen molar-refractivity contribution in [1.82, 2.24) is 0 Å². The lowest BCUT2D eigenvalue weighted by Gasteiger charge is -2.10. The van der Waals surface area contributed by atoms with Gasteiger partial charge in [-0.3, -0.25) is 0 Å². The number of hydrogen-bond donors (Lipinski definition) is 0. The van der Waals surface area contributed by atoms with Gasteiger partial charge in [0.25, 0.3) is 0 Å². The van der Waals surface area contributed by atoms with Crippen molar-refractivity contribution in [2.75, 3.05) is 5.33 Å². The van der Waals surface area contributed by atoms with Crippen molar-refractivity contribution in [2.45, 2.75) is 12.8 Å². The molecule has 0 spiro atoms. The van der Waals surface area contributed by atoms with Crippen LogP contribution in [0.4, 0.5) is 0 Å². The smallest absolute Gasteiger partial charge is 0.00344 e. The van der Waals surface area contributed by atoms with Crippen LogP contribution in [0.2, 0.25) is 0 Å². The predicted octanol–water partition coefficient (Wildman–Crippen LogP) is 5.32. The second-order valence-corrected chi connectivity index (χ2v) is 5.38. The van der Waals surface area contributed by atoms with Crippen LogP contribution in [0, 0.1) is 0 Å². The highest BCUT2D eigenvalue weighted by atomic mass is 79.9. The van der Waals surface area contributed by atoms with Crippen LogP contribution < -0.4 is 0 Å². The SMILES string of the molecule is BrCCCc1c2ccccc2cc2ccccc12. The van der Waals surface area contributed by atoms with Gasteiger partial charge in [-0.25, -0.2) is 0 Å². The van der Waals surface area contributed by atoms with Crippen molar-refractivity contribution in [3.8, 4) is 0 Å². The van der Waals surface area contributed by atoms with E-state index < -0.39 is 0 Å². The van der Waals surface area contributed by atoms with Gasteiger partial charge >= 0.3 is 0 Å². The molecule has 0 atom stereocenters.